The van der Waals surface area contributed by atoms with Gasteiger partial charge in [-0.05, 0) is 44.0 Å². The van der Waals surface area contributed by atoms with Gasteiger partial charge in [0, 0.05) is 31.7 Å². The molecule has 2 aromatic carbocycles. The highest BCUT2D eigenvalue weighted by molar-refractivity contribution is 7.94. The van der Waals surface area contributed by atoms with Crippen LogP contribution in [0.25, 0.3) is 0 Å². The molecular formula is C20H23N3O5S2. The molecule has 2 aliphatic heterocycles. The van der Waals surface area contributed by atoms with E-state index in [4.69, 9.17) is 0 Å². The van der Waals surface area contributed by atoms with E-state index < -0.39 is 20.2 Å². The van der Waals surface area contributed by atoms with Crippen LogP contribution in [-0.2, 0) is 20.2 Å². The van der Waals surface area contributed by atoms with Gasteiger partial charge in [-0.15, -0.1) is 0 Å². The van der Waals surface area contributed by atoms with Crippen LogP contribution in [0.1, 0.15) is 30.1 Å². The van der Waals surface area contributed by atoms with Crippen LogP contribution < -0.4 is 8.61 Å². The molecule has 1 saturated heterocycles. The summed E-state index contributed by atoms with van der Waals surface area (Å²) >= 11 is 0. The van der Waals surface area contributed by atoms with Gasteiger partial charge < -0.3 is 0 Å². The van der Waals surface area contributed by atoms with Gasteiger partial charge in [-0.3, -0.25) is 9.10 Å². The van der Waals surface area contributed by atoms with E-state index in [0.29, 0.717) is 29.8 Å². The van der Waals surface area contributed by atoms with Gasteiger partial charge in [0.1, 0.15) is 0 Å². The maximum atomic E-state index is 13.0. The fraction of sp³-hybridized carbons (Fsp3) is 0.350. The predicted molar refractivity (Wildman–Crippen MR) is 114 cm³/mol. The van der Waals surface area contributed by atoms with Crippen LogP contribution in [0.4, 0.5) is 11.4 Å². The van der Waals surface area contributed by atoms with Crippen molar-refractivity contribution >= 4 is 37.4 Å². The van der Waals surface area contributed by atoms with Crippen molar-refractivity contribution < 1.29 is 21.6 Å². The summed E-state index contributed by atoms with van der Waals surface area (Å²) < 4.78 is 55.9. The summed E-state index contributed by atoms with van der Waals surface area (Å²) in [6.45, 7) is 1.87. The molecule has 0 unspecified atom stereocenters. The maximum Gasteiger partial charge on any atom is 0.326 e. The lowest BCUT2D eigenvalue weighted by molar-refractivity contribution is 0.101. The monoisotopic (exact) mass is 449 g/mol. The van der Waals surface area contributed by atoms with Crippen molar-refractivity contribution in [3.63, 3.8) is 0 Å². The third kappa shape index (κ3) is 3.28. The number of para-hydroxylation sites is 2. The van der Waals surface area contributed by atoms with Crippen LogP contribution >= 0.6 is 0 Å². The predicted octanol–water partition coefficient (Wildman–Crippen LogP) is 2.24. The van der Waals surface area contributed by atoms with Crippen LogP contribution in [0.15, 0.2) is 53.4 Å². The van der Waals surface area contributed by atoms with Gasteiger partial charge >= 0.3 is 10.2 Å². The highest BCUT2D eigenvalue weighted by Crippen LogP contribution is 2.42. The molecule has 0 aliphatic carbocycles. The number of ketones is 1. The number of anilines is 2. The number of benzene rings is 2. The van der Waals surface area contributed by atoms with Gasteiger partial charge in [0.2, 0.25) is 10.0 Å². The number of hydrogen-bond donors (Lipinski definition) is 0. The van der Waals surface area contributed by atoms with Crippen LogP contribution in [0.2, 0.25) is 0 Å². The minimum absolute atomic E-state index is 0.128. The molecule has 0 saturated carbocycles. The van der Waals surface area contributed by atoms with Gasteiger partial charge in [0.05, 0.1) is 16.3 Å². The summed E-state index contributed by atoms with van der Waals surface area (Å²) in [5.41, 5.74) is 1.70. The zero-order chi connectivity index (χ0) is 21.7. The van der Waals surface area contributed by atoms with Gasteiger partial charge in [0.25, 0.3) is 0 Å². The van der Waals surface area contributed by atoms with Crippen molar-refractivity contribution in [2.45, 2.75) is 30.7 Å². The minimum Gasteiger partial charge on any atom is -0.295 e. The van der Waals surface area contributed by atoms with Crippen LogP contribution in [-0.4, -0.2) is 53.1 Å². The fourth-order valence-corrected chi connectivity index (χ4v) is 7.14. The molecule has 0 spiro atoms. The Morgan fingerprint density at radius 3 is 2.10 bits per heavy atom. The average Bonchev–Trinajstić information content (AvgIpc) is 2.94. The lowest BCUT2D eigenvalue weighted by atomic mass is 10.1. The van der Waals surface area contributed by atoms with Gasteiger partial charge in [-0.2, -0.15) is 12.7 Å². The number of fused-ring (bicyclic) bond motifs is 1. The average molecular weight is 450 g/mol. The molecule has 2 heterocycles. The summed E-state index contributed by atoms with van der Waals surface area (Å²) in [4.78, 5) is 11.5. The van der Waals surface area contributed by atoms with Crippen LogP contribution in [0.3, 0.4) is 0 Å². The second-order valence-electron chi connectivity index (χ2n) is 7.48. The Kier molecular flexibility index (Phi) is 5.11. The maximum absolute atomic E-state index is 13.0. The first-order valence-corrected chi connectivity index (χ1v) is 12.5. The molecule has 10 heteroatoms. The Bertz CT molecular complexity index is 1190. The highest BCUT2D eigenvalue weighted by atomic mass is 32.2. The Balaban J connectivity index is 1.53. The highest BCUT2D eigenvalue weighted by Gasteiger charge is 2.43. The van der Waals surface area contributed by atoms with Crippen LogP contribution in [0.5, 0.6) is 0 Å². The summed E-state index contributed by atoms with van der Waals surface area (Å²) in [7, 11) is -5.86. The second kappa shape index (κ2) is 7.36. The minimum atomic E-state index is -3.71. The van der Waals surface area contributed by atoms with E-state index in [9.17, 15) is 21.6 Å². The summed E-state index contributed by atoms with van der Waals surface area (Å²) in [6.07, 6.45) is 0.790. The first-order chi connectivity index (χ1) is 14.1. The molecule has 160 valence electrons. The first-order valence-electron chi connectivity index (χ1n) is 9.62. The number of piperidine rings is 1. The van der Waals surface area contributed by atoms with Crippen molar-refractivity contribution in [2.24, 2.45) is 0 Å². The van der Waals surface area contributed by atoms with Gasteiger partial charge in [0.15, 0.2) is 5.78 Å². The summed E-state index contributed by atoms with van der Waals surface area (Å²) in [6, 6.07) is 12.7. The molecule has 8 nitrogen and oxygen atoms in total. The van der Waals surface area contributed by atoms with Gasteiger partial charge in [-0.25, -0.2) is 12.7 Å². The SMILES string of the molecule is CC(=O)c1ccc(S(=O)(=O)N2CCC(N3c4ccccc4N(C)S3(=O)=O)CC2)cc1. The molecule has 0 amide bonds. The molecule has 2 aromatic rings. The molecule has 0 bridgehead atoms. The van der Waals surface area contributed by atoms with Crippen molar-refractivity contribution in [1.82, 2.24) is 4.31 Å². The van der Waals surface area contributed by atoms with E-state index in [2.05, 4.69) is 0 Å². The van der Waals surface area contributed by atoms with E-state index >= 15 is 0 Å². The lowest BCUT2D eigenvalue weighted by Gasteiger charge is -2.36. The molecular weight excluding hydrogens is 426 g/mol. The number of hydrogen-bond acceptors (Lipinski definition) is 5. The topological polar surface area (TPSA) is 95.1 Å². The molecule has 4 rings (SSSR count). The Morgan fingerprint density at radius 2 is 1.53 bits per heavy atom. The molecule has 0 atom stereocenters. The fourth-order valence-electron chi connectivity index (χ4n) is 4.01. The van der Waals surface area contributed by atoms with E-state index in [1.807, 2.05) is 0 Å². The van der Waals surface area contributed by atoms with Crippen molar-refractivity contribution in [3.05, 3.63) is 54.1 Å². The van der Waals surface area contributed by atoms with Crippen molar-refractivity contribution in [2.75, 3.05) is 28.7 Å². The standard InChI is InChI=1S/C20H23N3O5S2/c1-15(24)16-7-9-18(10-8-16)29(25,26)22-13-11-17(12-14-22)23-20-6-4-3-5-19(20)21(2)30(23,27)28/h3-10,17H,11-14H2,1-2H3. The molecule has 0 radical (unpaired) electrons. The third-order valence-electron chi connectivity index (χ3n) is 5.71. The van der Waals surface area contributed by atoms with E-state index in [1.54, 1.807) is 24.3 Å². The molecule has 2 aliphatic rings. The van der Waals surface area contributed by atoms with Crippen molar-refractivity contribution in [3.8, 4) is 0 Å². The number of carbonyl (C=O) groups is 1. The van der Waals surface area contributed by atoms with E-state index in [-0.39, 0.29) is 29.8 Å². The third-order valence-corrected chi connectivity index (χ3v) is 9.50. The molecule has 30 heavy (non-hydrogen) atoms. The molecule has 1 fully saturated rings. The Labute approximate surface area is 176 Å². The molecule has 0 N–H and O–H groups in total. The first kappa shape index (κ1) is 20.8. The number of carbonyl (C=O) groups excluding carboxylic acids is 1. The Hall–Kier alpha value is -2.43. The number of rotatable bonds is 4. The summed E-state index contributed by atoms with van der Waals surface area (Å²) in [5, 5.41) is 0. The normalized spacial score (nSPS) is 19.7. The van der Waals surface area contributed by atoms with Crippen LogP contribution in [0, 0.1) is 0 Å². The second-order valence-corrected chi connectivity index (χ2v) is 11.3. The largest absolute Gasteiger partial charge is 0.326 e. The summed E-state index contributed by atoms with van der Waals surface area (Å²) in [5.74, 6) is -0.128. The lowest BCUT2D eigenvalue weighted by Crippen LogP contribution is -2.49. The number of nitrogens with zero attached hydrogens (tertiary/aromatic N) is 3. The molecule has 0 aromatic heterocycles. The number of sulfonamides is 1. The number of Topliss-reactive ketones (excluding diaryl/α,β-unsaturated/α-hetero) is 1. The zero-order valence-electron chi connectivity index (χ0n) is 16.7. The zero-order valence-corrected chi connectivity index (χ0v) is 18.4. The quantitative estimate of drug-likeness (QED) is 0.667. The van der Waals surface area contributed by atoms with E-state index in [0.717, 1.165) is 0 Å². The smallest absolute Gasteiger partial charge is 0.295 e. The van der Waals surface area contributed by atoms with E-state index in [1.165, 1.54) is 51.2 Å². The van der Waals surface area contributed by atoms with Crippen molar-refractivity contribution in [1.29, 1.82) is 0 Å². The Morgan fingerprint density at radius 1 is 0.967 bits per heavy atom. The van der Waals surface area contributed by atoms with Gasteiger partial charge in [-0.1, -0.05) is 24.3 Å².